The molecule has 1 aliphatic rings. The van der Waals surface area contributed by atoms with Gasteiger partial charge >= 0.3 is 6.03 Å². The summed E-state index contributed by atoms with van der Waals surface area (Å²) in [5.74, 6) is 0.800. The molecule has 1 aliphatic heterocycles. The third-order valence-corrected chi connectivity index (χ3v) is 6.77. The van der Waals surface area contributed by atoms with Crippen LogP contribution in [-0.2, 0) is 6.42 Å². The summed E-state index contributed by atoms with van der Waals surface area (Å²) in [6.45, 7) is 11.0. The molecule has 32 heavy (non-hydrogen) atoms. The zero-order chi connectivity index (χ0) is 22.9. The molecule has 0 atom stereocenters. The highest BCUT2D eigenvalue weighted by atomic mass is 32.1. The average molecular weight is 460 g/mol. The van der Waals surface area contributed by atoms with Crippen LogP contribution in [0.4, 0.5) is 9.93 Å². The second-order valence-electron chi connectivity index (χ2n) is 8.33. The number of nitrogens with one attached hydrogen (secondary N) is 1. The van der Waals surface area contributed by atoms with E-state index in [1.165, 1.54) is 23.3 Å². The molecule has 3 rings (SSSR count). The maximum Gasteiger partial charge on any atom is 0.323 e. The molecule has 0 saturated carbocycles. The summed E-state index contributed by atoms with van der Waals surface area (Å²) >= 11 is 1.45. The predicted octanol–water partition coefficient (Wildman–Crippen LogP) is 4.26. The van der Waals surface area contributed by atoms with Crippen LogP contribution >= 0.6 is 11.3 Å². The van der Waals surface area contributed by atoms with Crippen molar-refractivity contribution in [3.63, 3.8) is 0 Å². The Morgan fingerprint density at radius 3 is 2.72 bits per heavy atom. The van der Waals surface area contributed by atoms with Gasteiger partial charge in [-0.05, 0) is 57.2 Å². The Morgan fingerprint density at radius 1 is 1.25 bits per heavy atom. The van der Waals surface area contributed by atoms with Crippen LogP contribution in [0.2, 0.25) is 0 Å². The van der Waals surface area contributed by atoms with Gasteiger partial charge < -0.3 is 14.5 Å². The Morgan fingerprint density at radius 2 is 2.03 bits per heavy atom. The Labute approximate surface area is 196 Å². The van der Waals surface area contributed by atoms with Gasteiger partial charge in [-0.3, -0.25) is 10.2 Å². The largest absolute Gasteiger partial charge is 0.496 e. The van der Waals surface area contributed by atoms with Crippen LogP contribution in [-0.4, -0.2) is 85.7 Å². The van der Waals surface area contributed by atoms with Gasteiger partial charge in [-0.1, -0.05) is 26.3 Å². The molecule has 1 fully saturated rings. The van der Waals surface area contributed by atoms with Crippen molar-refractivity contribution in [2.45, 2.75) is 33.1 Å². The lowest BCUT2D eigenvalue weighted by Gasteiger charge is -2.34. The number of aryl methyl sites for hydroxylation is 1. The number of nitrogens with zero attached hydrogens (tertiary/aromatic N) is 4. The van der Waals surface area contributed by atoms with Gasteiger partial charge in [0.1, 0.15) is 5.75 Å². The van der Waals surface area contributed by atoms with E-state index in [4.69, 9.17) is 4.74 Å². The van der Waals surface area contributed by atoms with Crippen molar-refractivity contribution in [1.29, 1.82) is 0 Å². The normalized spacial score (nSPS) is 14.7. The van der Waals surface area contributed by atoms with Crippen molar-refractivity contribution in [2.24, 2.45) is 0 Å². The molecular weight excluding hydrogens is 422 g/mol. The first-order valence-electron chi connectivity index (χ1n) is 11.6. The van der Waals surface area contributed by atoms with E-state index < -0.39 is 0 Å². The van der Waals surface area contributed by atoms with Gasteiger partial charge in [-0.2, -0.15) is 0 Å². The Kier molecular flexibility index (Phi) is 9.32. The van der Waals surface area contributed by atoms with E-state index in [2.05, 4.69) is 53.1 Å². The summed E-state index contributed by atoms with van der Waals surface area (Å²) in [4.78, 5) is 24.1. The number of thiazole rings is 1. The molecule has 0 aliphatic carbocycles. The molecule has 0 spiro atoms. The number of carbonyl (C=O) groups is 1. The SMILES string of the molecule is CCCc1ccc(OC)c(-c2csc(NC(=O)N3CCN(CCCN(C)CC)CC3)n2)c1. The molecular formula is C24H37N5O2S. The number of piperazine rings is 1. The van der Waals surface area contributed by atoms with E-state index in [0.717, 1.165) is 75.7 Å². The van der Waals surface area contributed by atoms with Gasteiger partial charge in [0, 0.05) is 37.1 Å². The number of hydrogen-bond acceptors (Lipinski definition) is 6. The van der Waals surface area contributed by atoms with Crippen LogP contribution in [0, 0.1) is 0 Å². The minimum Gasteiger partial charge on any atom is -0.496 e. The van der Waals surface area contributed by atoms with Crippen LogP contribution in [0.25, 0.3) is 11.3 Å². The van der Waals surface area contributed by atoms with Crippen LogP contribution in [0.1, 0.15) is 32.3 Å². The molecule has 0 unspecified atom stereocenters. The first-order chi connectivity index (χ1) is 15.5. The number of hydrogen-bond donors (Lipinski definition) is 1. The lowest BCUT2D eigenvalue weighted by Crippen LogP contribution is -2.50. The summed E-state index contributed by atoms with van der Waals surface area (Å²) in [5.41, 5.74) is 3.07. The van der Waals surface area contributed by atoms with Crippen molar-refractivity contribution in [2.75, 3.05) is 65.3 Å². The number of aromatic nitrogens is 1. The third-order valence-electron chi connectivity index (χ3n) is 6.01. The number of amides is 2. The molecule has 2 aromatic rings. The van der Waals surface area contributed by atoms with Crippen molar-refractivity contribution in [3.8, 4) is 17.0 Å². The number of rotatable bonds is 10. The molecule has 1 N–H and O–H groups in total. The minimum atomic E-state index is -0.0667. The highest BCUT2D eigenvalue weighted by Gasteiger charge is 2.22. The van der Waals surface area contributed by atoms with Gasteiger partial charge in [0.2, 0.25) is 0 Å². The first-order valence-corrected chi connectivity index (χ1v) is 12.5. The number of anilines is 1. The standard InChI is InChI=1S/C24H37N5O2S/c1-5-8-19-9-10-22(31-4)20(17-19)21-18-32-23(25-21)26-24(30)29-15-13-28(14-16-29)12-7-11-27(3)6-2/h9-10,17-18H,5-8,11-16H2,1-4H3,(H,25,26,30). The van der Waals surface area contributed by atoms with Gasteiger partial charge in [-0.25, -0.2) is 9.78 Å². The fourth-order valence-electron chi connectivity index (χ4n) is 3.92. The lowest BCUT2D eigenvalue weighted by molar-refractivity contribution is 0.143. The first kappa shape index (κ1) is 24.5. The number of methoxy groups -OCH3 is 1. The highest BCUT2D eigenvalue weighted by Crippen LogP contribution is 2.33. The molecule has 1 saturated heterocycles. The van der Waals surface area contributed by atoms with Crippen LogP contribution in [0.5, 0.6) is 5.75 Å². The maximum absolute atomic E-state index is 12.8. The Bertz CT molecular complexity index is 864. The average Bonchev–Trinajstić information content (AvgIpc) is 3.27. The minimum absolute atomic E-state index is 0.0667. The molecule has 0 radical (unpaired) electrons. The Balaban J connectivity index is 1.53. The summed E-state index contributed by atoms with van der Waals surface area (Å²) in [7, 11) is 3.83. The second kappa shape index (κ2) is 12.2. The van der Waals surface area contributed by atoms with Gasteiger partial charge in [0.05, 0.1) is 12.8 Å². The van der Waals surface area contributed by atoms with Crippen molar-refractivity contribution in [3.05, 3.63) is 29.1 Å². The smallest absolute Gasteiger partial charge is 0.323 e. The number of ether oxygens (including phenoxy) is 1. The molecule has 0 bridgehead atoms. The predicted molar refractivity (Wildman–Crippen MR) is 133 cm³/mol. The summed E-state index contributed by atoms with van der Waals surface area (Å²) < 4.78 is 5.54. The topological polar surface area (TPSA) is 60.9 Å². The Hall–Kier alpha value is -2.16. The number of benzene rings is 1. The fraction of sp³-hybridized carbons (Fsp3) is 0.583. The zero-order valence-corrected chi connectivity index (χ0v) is 20.7. The maximum atomic E-state index is 12.8. The molecule has 2 amide bonds. The van der Waals surface area contributed by atoms with Gasteiger partial charge in [0.25, 0.3) is 0 Å². The van der Waals surface area contributed by atoms with Crippen molar-refractivity contribution < 1.29 is 9.53 Å². The van der Waals surface area contributed by atoms with E-state index in [1.807, 2.05) is 16.3 Å². The quantitative estimate of drug-likeness (QED) is 0.575. The monoisotopic (exact) mass is 459 g/mol. The zero-order valence-electron chi connectivity index (χ0n) is 19.9. The second-order valence-corrected chi connectivity index (χ2v) is 9.19. The van der Waals surface area contributed by atoms with Crippen LogP contribution in [0.3, 0.4) is 0 Å². The molecule has 2 heterocycles. The molecule has 1 aromatic carbocycles. The molecule has 8 heteroatoms. The van der Waals surface area contributed by atoms with E-state index in [0.29, 0.717) is 5.13 Å². The summed E-state index contributed by atoms with van der Waals surface area (Å²) in [6, 6.07) is 6.17. The van der Waals surface area contributed by atoms with E-state index in [1.54, 1.807) is 7.11 Å². The van der Waals surface area contributed by atoms with E-state index >= 15 is 0 Å². The van der Waals surface area contributed by atoms with Crippen LogP contribution < -0.4 is 10.1 Å². The van der Waals surface area contributed by atoms with Crippen molar-refractivity contribution >= 4 is 22.5 Å². The molecule has 7 nitrogen and oxygen atoms in total. The molecule has 1 aromatic heterocycles. The third kappa shape index (κ3) is 6.67. The summed E-state index contributed by atoms with van der Waals surface area (Å²) in [5, 5.41) is 5.59. The van der Waals surface area contributed by atoms with Crippen molar-refractivity contribution in [1.82, 2.24) is 19.7 Å². The van der Waals surface area contributed by atoms with Crippen LogP contribution in [0.15, 0.2) is 23.6 Å². The summed E-state index contributed by atoms with van der Waals surface area (Å²) in [6.07, 6.45) is 3.28. The van der Waals surface area contributed by atoms with Gasteiger partial charge in [0.15, 0.2) is 5.13 Å². The van der Waals surface area contributed by atoms with E-state index in [-0.39, 0.29) is 6.03 Å². The van der Waals surface area contributed by atoms with Gasteiger partial charge in [-0.15, -0.1) is 11.3 Å². The molecule has 176 valence electrons. The number of carbonyl (C=O) groups excluding carboxylic acids is 1. The number of urea groups is 1. The highest BCUT2D eigenvalue weighted by molar-refractivity contribution is 7.14. The lowest BCUT2D eigenvalue weighted by atomic mass is 10.0. The fourth-order valence-corrected chi connectivity index (χ4v) is 4.62. The van der Waals surface area contributed by atoms with E-state index in [9.17, 15) is 4.79 Å².